The molecule has 9 heteroatoms. The molecule has 2 rings (SSSR count). The maximum absolute atomic E-state index is 13.4. The first-order valence-electron chi connectivity index (χ1n) is 5.67. The highest BCUT2D eigenvalue weighted by atomic mass is 19.1. The smallest absolute Gasteiger partial charge is 0.304 e. The quantitative estimate of drug-likeness (QED) is 0.652. The summed E-state index contributed by atoms with van der Waals surface area (Å²) in [5.41, 5.74) is -0.574. The molecule has 0 aliphatic heterocycles. The SMILES string of the molecule is CCc1nc(C(=O)Nc2ccc([N+](=O)[O-])c(F)c2)n[nH]1. The molecule has 1 amide bonds. The minimum atomic E-state index is -1.03. The molecule has 0 bridgehead atoms. The van der Waals surface area contributed by atoms with Crippen LogP contribution < -0.4 is 5.32 Å². The molecule has 0 unspecified atom stereocenters. The molecule has 2 N–H and O–H groups in total. The first-order chi connectivity index (χ1) is 9.51. The van der Waals surface area contributed by atoms with E-state index in [1.54, 1.807) is 0 Å². The van der Waals surface area contributed by atoms with Crippen LogP contribution in [0.2, 0.25) is 0 Å². The fraction of sp³-hybridized carbons (Fsp3) is 0.182. The number of hydrogen-bond donors (Lipinski definition) is 2. The van der Waals surface area contributed by atoms with Crippen molar-refractivity contribution in [2.24, 2.45) is 0 Å². The molecule has 0 fully saturated rings. The Morgan fingerprint density at radius 3 is 2.85 bits per heavy atom. The number of carbonyl (C=O) groups is 1. The maximum atomic E-state index is 13.4. The second kappa shape index (κ2) is 5.43. The summed E-state index contributed by atoms with van der Waals surface area (Å²) in [5, 5.41) is 19.1. The lowest BCUT2D eigenvalue weighted by Gasteiger charge is -2.02. The van der Waals surface area contributed by atoms with Gasteiger partial charge in [0, 0.05) is 24.2 Å². The number of halogens is 1. The maximum Gasteiger partial charge on any atom is 0.304 e. The topological polar surface area (TPSA) is 114 Å². The van der Waals surface area contributed by atoms with Crippen molar-refractivity contribution in [2.45, 2.75) is 13.3 Å². The van der Waals surface area contributed by atoms with Crippen LogP contribution in [0, 0.1) is 15.9 Å². The molecule has 0 saturated carbocycles. The monoisotopic (exact) mass is 279 g/mol. The van der Waals surface area contributed by atoms with Crippen LogP contribution in [0.5, 0.6) is 0 Å². The van der Waals surface area contributed by atoms with Gasteiger partial charge in [-0.25, -0.2) is 4.98 Å². The van der Waals surface area contributed by atoms with E-state index in [0.29, 0.717) is 12.2 Å². The molecule has 104 valence electrons. The summed E-state index contributed by atoms with van der Waals surface area (Å²) in [5.74, 6) is -1.20. The van der Waals surface area contributed by atoms with Crippen molar-refractivity contribution in [3.8, 4) is 0 Å². The van der Waals surface area contributed by atoms with E-state index < -0.39 is 22.3 Å². The van der Waals surface area contributed by atoms with E-state index in [2.05, 4.69) is 20.5 Å². The van der Waals surface area contributed by atoms with Gasteiger partial charge in [0.1, 0.15) is 5.82 Å². The second-order valence-electron chi connectivity index (χ2n) is 3.84. The number of hydrogen-bond acceptors (Lipinski definition) is 5. The van der Waals surface area contributed by atoms with E-state index >= 15 is 0 Å². The number of aryl methyl sites for hydroxylation is 1. The van der Waals surface area contributed by atoms with Crippen LogP contribution in [-0.2, 0) is 6.42 Å². The highest BCUT2D eigenvalue weighted by Crippen LogP contribution is 2.20. The number of nitrogens with one attached hydrogen (secondary N) is 2. The van der Waals surface area contributed by atoms with Gasteiger partial charge in [0.25, 0.3) is 5.91 Å². The van der Waals surface area contributed by atoms with Crippen LogP contribution >= 0.6 is 0 Å². The van der Waals surface area contributed by atoms with Gasteiger partial charge in [-0.2, -0.15) is 4.39 Å². The number of H-pyrrole nitrogens is 1. The molecule has 20 heavy (non-hydrogen) atoms. The zero-order chi connectivity index (χ0) is 14.7. The van der Waals surface area contributed by atoms with Crippen molar-refractivity contribution in [1.82, 2.24) is 15.2 Å². The molecule has 0 atom stereocenters. The molecule has 0 aliphatic rings. The minimum Gasteiger partial charge on any atom is -0.319 e. The molecule has 1 heterocycles. The molecular formula is C11H10FN5O3. The minimum absolute atomic E-state index is 0.0828. The molecule has 8 nitrogen and oxygen atoms in total. The highest BCUT2D eigenvalue weighted by Gasteiger charge is 2.16. The molecule has 1 aromatic carbocycles. The molecule has 0 radical (unpaired) electrons. The predicted molar refractivity (Wildman–Crippen MR) is 66.8 cm³/mol. The zero-order valence-corrected chi connectivity index (χ0v) is 10.4. The van der Waals surface area contributed by atoms with Crippen molar-refractivity contribution >= 4 is 17.3 Å². The number of nitrogens with zero attached hydrogens (tertiary/aromatic N) is 3. The van der Waals surface area contributed by atoms with Crippen molar-refractivity contribution in [1.29, 1.82) is 0 Å². The van der Waals surface area contributed by atoms with Crippen LogP contribution in [0.15, 0.2) is 18.2 Å². The Balaban J connectivity index is 2.15. The molecule has 0 aliphatic carbocycles. The summed E-state index contributed by atoms with van der Waals surface area (Å²) in [7, 11) is 0. The Labute approximate surface area is 112 Å². The Kier molecular flexibility index (Phi) is 3.69. The number of aromatic nitrogens is 3. The van der Waals surface area contributed by atoms with Crippen molar-refractivity contribution in [2.75, 3.05) is 5.32 Å². The van der Waals surface area contributed by atoms with Crippen molar-refractivity contribution in [3.05, 3.63) is 45.8 Å². The van der Waals surface area contributed by atoms with E-state index in [-0.39, 0.29) is 11.5 Å². The fourth-order valence-electron chi connectivity index (χ4n) is 1.47. The van der Waals surface area contributed by atoms with Gasteiger partial charge in [-0.1, -0.05) is 6.92 Å². The lowest BCUT2D eigenvalue weighted by Crippen LogP contribution is -2.14. The van der Waals surface area contributed by atoms with Gasteiger partial charge < -0.3 is 5.32 Å². The average Bonchev–Trinajstić information content (AvgIpc) is 2.87. The fourth-order valence-corrected chi connectivity index (χ4v) is 1.47. The number of nitro benzene ring substituents is 1. The van der Waals surface area contributed by atoms with Gasteiger partial charge in [0.05, 0.1) is 4.92 Å². The van der Waals surface area contributed by atoms with Crippen molar-refractivity contribution in [3.63, 3.8) is 0 Å². The van der Waals surface area contributed by atoms with E-state index in [1.807, 2.05) is 6.92 Å². The normalized spacial score (nSPS) is 10.3. The number of nitro groups is 1. The summed E-state index contributed by atoms with van der Waals surface area (Å²) in [6.07, 6.45) is 0.590. The highest BCUT2D eigenvalue weighted by molar-refractivity contribution is 6.01. The van der Waals surface area contributed by atoms with Crippen LogP contribution in [0.4, 0.5) is 15.8 Å². The van der Waals surface area contributed by atoms with Gasteiger partial charge in [0.15, 0.2) is 0 Å². The zero-order valence-electron chi connectivity index (χ0n) is 10.4. The van der Waals surface area contributed by atoms with Gasteiger partial charge in [-0.05, 0) is 6.07 Å². The standard InChI is InChI=1S/C11H10FN5O3/c1-2-9-14-10(16-15-9)11(18)13-6-3-4-8(17(19)20)7(12)5-6/h3-5H,2H2,1H3,(H,13,18)(H,14,15,16). The van der Waals surface area contributed by atoms with Crippen LogP contribution in [-0.4, -0.2) is 26.0 Å². The van der Waals surface area contributed by atoms with Gasteiger partial charge in [0.2, 0.25) is 11.6 Å². The lowest BCUT2D eigenvalue weighted by atomic mass is 10.2. The summed E-state index contributed by atoms with van der Waals surface area (Å²) in [6.45, 7) is 1.84. The summed E-state index contributed by atoms with van der Waals surface area (Å²) < 4.78 is 13.4. The third-order valence-electron chi connectivity index (χ3n) is 2.47. The lowest BCUT2D eigenvalue weighted by molar-refractivity contribution is -0.387. The molecule has 0 saturated heterocycles. The molecule has 2 aromatic rings. The largest absolute Gasteiger partial charge is 0.319 e. The van der Waals surface area contributed by atoms with E-state index in [9.17, 15) is 19.3 Å². The first-order valence-corrected chi connectivity index (χ1v) is 5.67. The van der Waals surface area contributed by atoms with E-state index in [0.717, 1.165) is 12.1 Å². The summed E-state index contributed by atoms with van der Waals surface area (Å²) in [4.78, 5) is 25.3. The first kappa shape index (κ1) is 13.6. The van der Waals surface area contributed by atoms with E-state index in [4.69, 9.17) is 0 Å². The molecule has 1 aromatic heterocycles. The van der Waals surface area contributed by atoms with Crippen LogP contribution in [0.1, 0.15) is 23.4 Å². The Morgan fingerprint density at radius 1 is 1.55 bits per heavy atom. The Morgan fingerprint density at radius 2 is 2.30 bits per heavy atom. The van der Waals surface area contributed by atoms with Gasteiger partial charge in [-0.15, -0.1) is 5.10 Å². The Bertz CT molecular complexity index is 670. The van der Waals surface area contributed by atoms with E-state index in [1.165, 1.54) is 6.07 Å². The summed E-state index contributed by atoms with van der Waals surface area (Å²) in [6, 6.07) is 3.07. The third-order valence-corrected chi connectivity index (χ3v) is 2.47. The summed E-state index contributed by atoms with van der Waals surface area (Å²) >= 11 is 0. The second-order valence-corrected chi connectivity index (χ2v) is 3.84. The third kappa shape index (κ3) is 2.76. The number of anilines is 1. The average molecular weight is 279 g/mol. The number of amides is 1. The van der Waals surface area contributed by atoms with Crippen LogP contribution in [0.25, 0.3) is 0 Å². The number of rotatable bonds is 4. The number of aromatic amines is 1. The van der Waals surface area contributed by atoms with Gasteiger partial charge >= 0.3 is 5.69 Å². The predicted octanol–water partition coefficient (Wildman–Crippen LogP) is 1.67. The van der Waals surface area contributed by atoms with Gasteiger partial charge in [-0.3, -0.25) is 20.0 Å². The molecule has 0 spiro atoms. The van der Waals surface area contributed by atoms with Crippen LogP contribution in [0.3, 0.4) is 0 Å². The van der Waals surface area contributed by atoms with Crippen molar-refractivity contribution < 1.29 is 14.1 Å². The Hall–Kier alpha value is -2.84. The molecular weight excluding hydrogens is 269 g/mol. The number of carbonyl (C=O) groups excluding carboxylic acids is 1. The number of benzene rings is 1.